The van der Waals surface area contributed by atoms with Crippen LogP contribution in [0.15, 0.2) is 48.7 Å². The van der Waals surface area contributed by atoms with Crippen molar-refractivity contribution in [2.24, 2.45) is 5.92 Å². The minimum atomic E-state index is 0.343. The number of unbranched alkanes of at least 4 members (excludes halogenated alkanes) is 3. The van der Waals surface area contributed by atoms with Crippen molar-refractivity contribution in [3.8, 4) is 5.75 Å². The highest BCUT2D eigenvalue weighted by atomic mass is 16.3. The standard InChI is InChI=1S/C12H15N.C9H18O.C8H10O.C5H12.C4H10.C2H6/c1-5-12-10(4)13-7-6-11(12)8-9(2)3;1-4-6-9(7-5-2)8(3)10;1-2-7-5-3-4-6-8(7)9;1-3-5-4-2;1-3-4-2;1-2/h5-8H,2H2,1,3-4H3;9H,4-7H2,1-3H3;3-6,9H,2H2,1H3;3-5H2,1-2H3;3-4H2,1-2H3;1-2H3/b11-8-,12-5-;;;;;. The number of aromatic hydroxyl groups is 1. The van der Waals surface area contributed by atoms with Gasteiger partial charge in [0.15, 0.2) is 0 Å². The van der Waals surface area contributed by atoms with Crippen LogP contribution in [0.5, 0.6) is 5.75 Å². The summed E-state index contributed by atoms with van der Waals surface area (Å²) in [7, 11) is 0. The second-order valence-corrected chi connectivity index (χ2v) is 10.4. The average Bonchev–Trinajstić information content (AvgIpc) is 3.00. The first-order valence-corrected chi connectivity index (χ1v) is 17.1. The lowest BCUT2D eigenvalue weighted by atomic mass is 9.95. The lowest BCUT2D eigenvalue weighted by Gasteiger charge is -2.09. The summed E-state index contributed by atoms with van der Waals surface area (Å²) < 4.78 is 0. The molecule has 0 aliphatic heterocycles. The lowest BCUT2D eigenvalue weighted by Crippen LogP contribution is -2.27. The van der Waals surface area contributed by atoms with Crippen molar-refractivity contribution >= 4 is 17.9 Å². The van der Waals surface area contributed by atoms with Crippen LogP contribution in [0.1, 0.15) is 152 Å². The zero-order valence-corrected chi connectivity index (χ0v) is 30.8. The number of hydrogen-bond acceptors (Lipinski definition) is 3. The summed E-state index contributed by atoms with van der Waals surface area (Å²) in [5.74, 6) is 1.11. The van der Waals surface area contributed by atoms with Crippen molar-refractivity contribution in [3.05, 3.63) is 70.4 Å². The molecule has 0 unspecified atom stereocenters. The zero-order valence-electron chi connectivity index (χ0n) is 30.8. The van der Waals surface area contributed by atoms with Gasteiger partial charge in [-0.05, 0) is 75.1 Å². The molecule has 1 aromatic carbocycles. The van der Waals surface area contributed by atoms with Crippen LogP contribution in [-0.2, 0) is 11.2 Å². The van der Waals surface area contributed by atoms with Crippen LogP contribution < -0.4 is 10.4 Å². The van der Waals surface area contributed by atoms with Gasteiger partial charge in [0.05, 0.1) is 0 Å². The number of carbonyl (C=O) groups excluding carboxylic acids is 1. The molecule has 0 aliphatic rings. The smallest absolute Gasteiger partial charge is 0.132 e. The molecule has 0 saturated carbocycles. The van der Waals surface area contributed by atoms with E-state index in [9.17, 15) is 4.79 Å². The molecule has 0 spiro atoms. The van der Waals surface area contributed by atoms with Crippen molar-refractivity contribution in [3.63, 3.8) is 0 Å². The van der Waals surface area contributed by atoms with Crippen LogP contribution in [0.3, 0.4) is 0 Å². The van der Waals surface area contributed by atoms with Gasteiger partial charge in [0.25, 0.3) is 0 Å². The fraction of sp³-hybridized carbons (Fsp3) is 0.600. The fourth-order valence-electron chi connectivity index (χ4n) is 3.78. The highest BCUT2D eigenvalue weighted by Crippen LogP contribution is 2.15. The molecule has 1 N–H and O–H groups in total. The second-order valence-electron chi connectivity index (χ2n) is 10.4. The molecule has 0 bridgehead atoms. The Kier molecular flexibility index (Phi) is 39.0. The van der Waals surface area contributed by atoms with Crippen molar-refractivity contribution in [1.29, 1.82) is 0 Å². The van der Waals surface area contributed by atoms with E-state index in [1.807, 2.05) is 72.0 Å². The molecule has 1 heterocycles. The Morgan fingerprint density at radius 1 is 0.860 bits per heavy atom. The number of phenolic OH excluding ortho intramolecular Hbond substituents is 1. The van der Waals surface area contributed by atoms with Gasteiger partial charge in [0, 0.05) is 17.8 Å². The van der Waals surface area contributed by atoms with E-state index in [1.165, 1.54) is 42.5 Å². The number of aromatic nitrogens is 1. The Morgan fingerprint density at radius 3 is 1.67 bits per heavy atom. The van der Waals surface area contributed by atoms with Gasteiger partial charge in [0.1, 0.15) is 11.5 Å². The van der Waals surface area contributed by atoms with Crippen molar-refractivity contribution in [2.75, 3.05) is 0 Å². The molecule has 2 rings (SSSR count). The van der Waals surface area contributed by atoms with Gasteiger partial charge in [-0.3, -0.25) is 9.78 Å². The van der Waals surface area contributed by atoms with Gasteiger partial charge < -0.3 is 5.11 Å². The quantitative estimate of drug-likeness (QED) is 0.296. The predicted molar refractivity (Wildman–Crippen MR) is 196 cm³/mol. The highest BCUT2D eigenvalue weighted by Gasteiger charge is 2.10. The maximum Gasteiger partial charge on any atom is 0.132 e. The number of aryl methyl sites for hydroxylation is 2. The van der Waals surface area contributed by atoms with E-state index in [0.717, 1.165) is 48.9 Å². The number of ketones is 1. The Morgan fingerprint density at radius 2 is 1.37 bits per heavy atom. The fourth-order valence-corrected chi connectivity index (χ4v) is 3.78. The summed E-state index contributed by atoms with van der Waals surface area (Å²) >= 11 is 0. The SMILES string of the molecule is C=C(C)/C=c1/ccnc(C)/c1=C/C.CC.CCCC.CCCC(CCC)C(C)=O.CCCCC.CCc1ccccc1O. The number of carbonyl (C=O) groups is 1. The van der Waals surface area contributed by atoms with E-state index in [1.54, 1.807) is 13.0 Å². The molecule has 0 radical (unpaired) electrons. The maximum atomic E-state index is 10.9. The summed E-state index contributed by atoms with van der Waals surface area (Å²) in [4.78, 5) is 15.2. The van der Waals surface area contributed by atoms with Crippen molar-refractivity contribution in [1.82, 2.24) is 4.98 Å². The third kappa shape index (κ3) is 29.2. The molecular weight excluding hydrogens is 526 g/mol. The first-order valence-electron chi connectivity index (χ1n) is 17.1. The highest BCUT2D eigenvalue weighted by molar-refractivity contribution is 5.78. The summed E-state index contributed by atoms with van der Waals surface area (Å²) in [6, 6.07) is 9.40. The minimum Gasteiger partial charge on any atom is -0.508 e. The second kappa shape index (κ2) is 35.5. The third-order valence-electron chi connectivity index (χ3n) is 6.34. The van der Waals surface area contributed by atoms with Crippen LogP contribution in [0.25, 0.3) is 12.2 Å². The number of rotatable bonds is 10. The Labute approximate surface area is 268 Å². The molecule has 3 heteroatoms. The molecule has 0 fully saturated rings. The Balaban J connectivity index is -0.000000230. The molecule has 1 aromatic heterocycles. The Hall–Kier alpha value is -2.68. The minimum absolute atomic E-state index is 0.343. The molecule has 0 atom stereocenters. The molecule has 0 aliphatic carbocycles. The van der Waals surface area contributed by atoms with Crippen LogP contribution in [0, 0.1) is 12.8 Å². The number of para-hydroxylation sites is 1. The molecular formula is C40H71NO2. The molecule has 3 nitrogen and oxygen atoms in total. The van der Waals surface area contributed by atoms with E-state index >= 15 is 0 Å². The van der Waals surface area contributed by atoms with E-state index in [0.29, 0.717) is 17.5 Å². The van der Waals surface area contributed by atoms with Gasteiger partial charge in [0.2, 0.25) is 0 Å². The summed E-state index contributed by atoms with van der Waals surface area (Å²) in [6.07, 6.45) is 18.0. The van der Waals surface area contributed by atoms with Gasteiger partial charge in [-0.1, -0.05) is 150 Å². The molecule has 0 amide bonds. The monoisotopic (exact) mass is 598 g/mol. The maximum absolute atomic E-state index is 10.9. The molecule has 2 aromatic rings. The number of nitrogens with zero attached hydrogens (tertiary/aromatic N) is 1. The van der Waals surface area contributed by atoms with Crippen molar-refractivity contribution < 1.29 is 9.90 Å². The lowest BCUT2D eigenvalue weighted by molar-refractivity contribution is -0.121. The number of benzene rings is 1. The van der Waals surface area contributed by atoms with Crippen molar-refractivity contribution in [2.45, 2.75) is 154 Å². The van der Waals surface area contributed by atoms with E-state index in [2.05, 4.69) is 65.3 Å². The molecule has 0 saturated heterocycles. The number of pyridine rings is 1. The van der Waals surface area contributed by atoms with Crippen LogP contribution in [0.2, 0.25) is 0 Å². The third-order valence-corrected chi connectivity index (χ3v) is 6.34. The topological polar surface area (TPSA) is 50.2 Å². The first kappa shape index (κ1) is 47.3. The summed E-state index contributed by atoms with van der Waals surface area (Å²) in [5.41, 5.74) is 3.14. The first-order chi connectivity index (χ1) is 20.5. The van der Waals surface area contributed by atoms with Gasteiger partial charge in [-0.15, -0.1) is 0 Å². The van der Waals surface area contributed by atoms with Crippen LogP contribution >= 0.6 is 0 Å². The number of phenols is 1. The zero-order chi connectivity index (χ0) is 34.1. The van der Waals surface area contributed by atoms with Gasteiger partial charge in [-0.2, -0.15) is 0 Å². The molecule has 43 heavy (non-hydrogen) atoms. The number of Topliss-reactive ketones (excluding diaryl/α,β-unsaturated/α-hetero) is 1. The average molecular weight is 598 g/mol. The Bertz CT molecular complexity index is 1010. The van der Waals surface area contributed by atoms with Gasteiger partial charge >= 0.3 is 0 Å². The van der Waals surface area contributed by atoms with Crippen LogP contribution in [-0.4, -0.2) is 15.9 Å². The number of hydrogen-bond donors (Lipinski definition) is 1. The number of allylic oxidation sites excluding steroid dienone is 1. The van der Waals surface area contributed by atoms with E-state index < -0.39 is 0 Å². The molecule has 248 valence electrons. The van der Waals surface area contributed by atoms with Gasteiger partial charge in [-0.25, -0.2) is 0 Å². The summed E-state index contributed by atoms with van der Waals surface area (Å²) in [6.45, 7) is 30.7. The van der Waals surface area contributed by atoms with E-state index in [-0.39, 0.29) is 0 Å². The van der Waals surface area contributed by atoms with E-state index in [4.69, 9.17) is 5.11 Å². The normalized spacial score (nSPS) is 10.3. The predicted octanol–water partition coefficient (Wildman–Crippen LogP) is 11.3. The van der Waals surface area contributed by atoms with Crippen LogP contribution in [0.4, 0.5) is 0 Å². The largest absolute Gasteiger partial charge is 0.508 e. The summed E-state index contributed by atoms with van der Waals surface area (Å²) in [5, 5.41) is 11.5.